The molecule has 1 amide bonds. The van der Waals surface area contributed by atoms with Gasteiger partial charge in [-0.1, -0.05) is 19.3 Å². The summed E-state index contributed by atoms with van der Waals surface area (Å²) in [7, 11) is 0. The van der Waals surface area contributed by atoms with Crippen LogP contribution in [0.5, 0.6) is 0 Å². The number of hydrogen-bond acceptors (Lipinski definition) is 3. The third-order valence-corrected chi connectivity index (χ3v) is 2.52. The molecule has 0 bridgehead atoms. The van der Waals surface area contributed by atoms with E-state index >= 15 is 0 Å². The molecule has 1 saturated carbocycles. The molecule has 0 radical (unpaired) electrons. The zero-order valence-corrected chi connectivity index (χ0v) is 8.54. The number of esters is 1. The average Bonchev–Trinajstić information content (AvgIpc) is 2.09. The zero-order valence-electron chi connectivity index (χ0n) is 8.54. The Hall–Kier alpha value is -1.06. The van der Waals surface area contributed by atoms with Crippen LogP contribution in [0.1, 0.15) is 32.6 Å². The van der Waals surface area contributed by atoms with Gasteiger partial charge >= 0.3 is 11.9 Å². The summed E-state index contributed by atoms with van der Waals surface area (Å²) < 4.78 is 4.55. The van der Waals surface area contributed by atoms with Crippen molar-refractivity contribution in [2.24, 2.45) is 5.92 Å². The van der Waals surface area contributed by atoms with Gasteiger partial charge in [-0.25, -0.2) is 4.79 Å². The van der Waals surface area contributed by atoms with Gasteiger partial charge in [-0.15, -0.1) is 0 Å². The Bertz CT molecular complexity index is 211. The van der Waals surface area contributed by atoms with Gasteiger partial charge in [0.2, 0.25) is 0 Å². The van der Waals surface area contributed by atoms with Crippen LogP contribution in [0, 0.1) is 5.92 Å². The third kappa shape index (κ3) is 3.36. The van der Waals surface area contributed by atoms with Crippen LogP contribution >= 0.6 is 0 Å². The van der Waals surface area contributed by atoms with Crippen molar-refractivity contribution in [2.75, 3.05) is 13.2 Å². The maximum atomic E-state index is 11.0. The Kier molecular flexibility index (Phi) is 4.43. The predicted octanol–water partition coefficient (Wildman–Crippen LogP) is 0.856. The van der Waals surface area contributed by atoms with Crippen molar-refractivity contribution in [1.29, 1.82) is 0 Å². The molecule has 0 aliphatic heterocycles. The SMILES string of the molecule is CCOC(=O)C(=O)NCCC1CCC1. The van der Waals surface area contributed by atoms with E-state index in [1.807, 2.05) is 0 Å². The molecule has 80 valence electrons. The second kappa shape index (κ2) is 5.62. The number of carbonyl (C=O) groups excluding carboxylic acids is 2. The van der Waals surface area contributed by atoms with Crippen LogP contribution in [0.2, 0.25) is 0 Å². The molecule has 0 saturated heterocycles. The van der Waals surface area contributed by atoms with Gasteiger partial charge in [-0.2, -0.15) is 0 Å². The van der Waals surface area contributed by atoms with E-state index in [0.717, 1.165) is 12.3 Å². The Morgan fingerprint density at radius 3 is 2.64 bits per heavy atom. The molecule has 4 nitrogen and oxygen atoms in total. The number of nitrogens with one attached hydrogen (secondary N) is 1. The van der Waals surface area contributed by atoms with E-state index in [2.05, 4.69) is 10.1 Å². The summed E-state index contributed by atoms with van der Waals surface area (Å²) in [6.45, 7) is 2.51. The molecule has 1 N–H and O–H groups in total. The quantitative estimate of drug-likeness (QED) is 0.539. The van der Waals surface area contributed by atoms with Gasteiger partial charge in [0.05, 0.1) is 6.61 Å². The fraction of sp³-hybridized carbons (Fsp3) is 0.800. The summed E-state index contributed by atoms with van der Waals surface area (Å²) in [5, 5.41) is 2.55. The molecule has 1 aliphatic rings. The normalized spacial score (nSPS) is 15.8. The highest BCUT2D eigenvalue weighted by molar-refractivity contribution is 6.32. The van der Waals surface area contributed by atoms with Crippen molar-refractivity contribution < 1.29 is 14.3 Å². The van der Waals surface area contributed by atoms with Crippen LogP contribution in [0.4, 0.5) is 0 Å². The summed E-state index contributed by atoms with van der Waals surface area (Å²) in [4.78, 5) is 21.9. The molecular weight excluding hydrogens is 182 g/mol. The van der Waals surface area contributed by atoms with Crippen LogP contribution in [0.15, 0.2) is 0 Å². The summed E-state index contributed by atoms with van der Waals surface area (Å²) in [6.07, 6.45) is 4.80. The average molecular weight is 199 g/mol. The van der Waals surface area contributed by atoms with Crippen molar-refractivity contribution >= 4 is 11.9 Å². The first kappa shape index (κ1) is 11.0. The molecular formula is C10H17NO3. The lowest BCUT2D eigenvalue weighted by Gasteiger charge is -2.24. The maximum Gasteiger partial charge on any atom is 0.396 e. The van der Waals surface area contributed by atoms with Crippen LogP contribution in [-0.2, 0) is 14.3 Å². The second-order valence-corrected chi connectivity index (χ2v) is 3.56. The van der Waals surface area contributed by atoms with Gasteiger partial charge in [0, 0.05) is 6.54 Å². The summed E-state index contributed by atoms with van der Waals surface area (Å²) >= 11 is 0. The zero-order chi connectivity index (χ0) is 10.4. The van der Waals surface area contributed by atoms with Gasteiger partial charge in [0.25, 0.3) is 0 Å². The van der Waals surface area contributed by atoms with Crippen LogP contribution in [0.3, 0.4) is 0 Å². The van der Waals surface area contributed by atoms with E-state index in [1.54, 1.807) is 6.92 Å². The van der Waals surface area contributed by atoms with Crippen molar-refractivity contribution in [3.8, 4) is 0 Å². The standard InChI is InChI=1S/C10H17NO3/c1-2-14-10(13)9(12)11-7-6-8-4-3-5-8/h8H,2-7H2,1H3,(H,11,12). The second-order valence-electron chi connectivity index (χ2n) is 3.56. The molecule has 0 atom stereocenters. The van der Waals surface area contributed by atoms with Gasteiger partial charge in [-0.3, -0.25) is 4.79 Å². The lowest BCUT2D eigenvalue weighted by molar-refractivity contribution is -0.154. The molecule has 0 heterocycles. The van der Waals surface area contributed by atoms with Gasteiger partial charge in [0.1, 0.15) is 0 Å². The highest BCUT2D eigenvalue weighted by atomic mass is 16.5. The van der Waals surface area contributed by atoms with Gasteiger partial charge in [-0.05, 0) is 19.3 Å². The smallest absolute Gasteiger partial charge is 0.396 e. The van der Waals surface area contributed by atoms with Crippen molar-refractivity contribution in [1.82, 2.24) is 5.32 Å². The van der Waals surface area contributed by atoms with Crippen molar-refractivity contribution in [3.05, 3.63) is 0 Å². The highest BCUT2D eigenvalue weighted by Crippen LogP contribution is 2.28. The Balaban J connectivity index is 2.04. The molecule has 0 unspecified atom stereocenters. The minimum atomic E-state index is -0.777. The molecule has 4 heteroatoms. The molecule has 1 rings (SSSR count). The highest BCUT2D eigenvalue weighted by Gasteiger charge is 2.18. The van der Waals surface area contributed by atoms with Crippen molar-refractivity contribution in [3.63, 3.8) is 0 Å². The molecule has 0 aromatic heterocycles. The van der Waals surface area contributed by atoms with E-state index < -0.39 is 11.9 Å². The van der Waals surface area contributed by atoms with E-state index in [0.29, 0.717) is 6.54 Å². The lowest BCUT2D eigenvalue weighted by Crippen LogP contribution is -2.34. The first-order valence-corrected chi connectivity index (χ1v) is 5.19. The number of carbonyl (C=O) groups is 2. The van der Waals surface area contributed by atoms with E-state index in [4.69, 9.17) is 0 Å². The third-order valence-electron chi connectivity index (χ3n) is 2.52. The number of rotatable bonds is 4. The molecule has 0 aromatic carbocycles. The largest absolute Gasteiger partial charge is 0.459 e. The van der Waals surface area contributed by atoms with Gasteiger partial charge in [0.15, 0.2) is 0 Å². The first-order chi connectivity index (χ1) is 6.74. The van der Waals surface area contributed by atoms with Crippen LogP contribution in [-0.4, -0.2) is 25.0 Å². The van der Waals surface area contributed by atoms with Crippen molar-refractivity contribution in [2.45, 2.75) is 32.6 Å². The number of ether oxygens (including phenoxy) is 1. The minimum absolute atomic E-state index is 0.245. The monoisotopic (exact) mass is 199 g/mol. The van der Waals surface area contributed by atoms with Crippen LogP contribution < -0.4 is 5.32 Å². The number of amides is 1. The topological polar surface area (TPSA) is 55.4 Å². The Morgan fingerprint density at radius 1 is 1.43 bits per heavy atom. The van der Waals surface area contributed by atoms with E-state index in [9.17, 15) is 9.59 Å². The first-order valence-electron chi connectivity index (χ1n) is 5.19. The van der Waals surface area contributed by atoms with Gasteiger partial charge < -0.3 is 10.1 Å². The predicted molar refractivity (Wildman–Crippen MR) is 51.6 cm³/mol. The summed E-state index contributed by atoms with van der Waals surface area (Å²) in [6, 6.07) is 0. The minimum Gasteiger partial charge on any atom is -0.459 e. The van der Waals surface area contributed by atoms with E-state index in [-0.39, 0.29) is 6.61 Å². The Labute approximate surface area is 84.0 Å². The van der Waals surface area contributed by atoms with Crippen LogP contribution in [0.25, 0.3) is 0 Å². The molecule has 1 aliphatic carbocycles. The molecule has 14 heavy (non-hydrogen) atoms. The molecule has 1 fully saturated rings. The lowest BCUT2D eigenvalue weighted by atomic mass is 9.83. The summed E-state index contributed by atoms with van der Waals surface area (Å²) in [5.41, 5.74) is 0. The molecule has 0 spiro atoms. The number of hydrogen-bond donors (Lipinski definition) is 1. The summed E-state index contributed by atoms with van der Waals surface area (Å²) in [5.74, 6) is -0.648. The Morgan fingerprint density at radius 2 is 2.14 bits per heavy atom. The van der Waals surface area contributed by atoms with E-state index in [1.165, 1.54) is 19.3 Å². The maximum absolute atomic E-state index is 11.0. The molecule has 0 aromatic rings. The fourth-order valence-corrected chi connectivity index (χ4v) is 1.44. The fourth-order valence-electron chi connectivity index (χ4n) is 1.44.